The van der Waals surface area contributed by atoms with Crippen molar-refractivity contribution in [2.24, 2.45) is 0 Å². The molecule has 5 nitrogen and oxygen atoms in total. The summed E-state index contributed by atoms with van der Waals surface area (Å²) < 4.78 is 0. The quantitative estimate of drug-likeness (QED) is 0.835. The van der Waals surface area contributed by atoms with Gasteiger partial charge in [-0.3, -0.25) is 14.6 Å². The molecule has 27 heavy (non-hydrogen) atoms. The van der Waals surface area contributed by atoms with Crippen molar-refractivity contribution in [3.05, 3.63) is 65.0 Å². The number of hydrogen-bond donors (Lipinski definition) is 0. The maximum atomic E-state index is 13.1. The normalized spacial score (nSPS) is 17.7. The fourth-order valence-electron chi connectivity index (χ4n) is 3.64. The fraction of sp³-hybridized carbons (Fsp3) is 0.409. The summed E-state index contributed by atoms with van der Waals surface area (Å²) in [5, 5.41) is 0. The number of rotatable bonds is 4. The Labute approximate surface area is 161 Å². The SMILES string of the molecule is CC[C@H]1CN(C(=O)c2cnc(C)cc2C)CCC(=O)N1Cc1ccccc1. The van der Waals surface area contributed by atoms with Crippen LogP contribution in [0.4, 0.5) is 0 Å². The molecule has 1 aromatic heterocycles. The summed E-state index contributed by atoms with van der Waals surface area (Å²) in [6, 6.07) is 12.0. The van der Waals surface area contributed by atoms with Crippen molar-refractivity contribution >= 4 is 11.8 Å². The van der Waals surface area contributed by atoms with Gasteiger partial charge in [-0.1, -0.05) is 37.3 Å². The lowest BCUT2D eigenvalue weighted by Crippen LogP contribution is -2.43. The average Bonchev–Trinajstić information content (AvgIpc) is 2.82. The van der Waals surface area contributed by atoms with Gasteiger partial charge in [0.1, 0.15) is 0 Å². The molecule has 3 rings (SSSR count). The first-order chi connectivity index (χ1) is 13.0. The number of carbonyl (C=O) groups excluding carboxylic acids is 2. The van der Waals surface area contributed by atoms with Gasteiger partial charge in [0.05, 0.1) is 5.56 Å². The number of amides is 2. The van der Waals surface area contributed by atoms with Crippen LogP contribution in [0.1, 0.15) is 46.9 Å². The molecule has 2 amide bonds. The number of aryl methyl sites for hydroxylation is 2. The Hall–Kier alpha value is -2.69. The van der Waals surface area contributed by atoms with Crippen LogP contribution in [0.2, 0.25) is 0 Å². The van der Waals surface area contributed by atoms with E-state index in [1.54, 1.807) is 6.20 Å². The van der Waals surface area contributed by atoms with Crippen molar-refractivity contribution in [3.63, 3.8) is 0 Å². The topological polar surface area (TPSA) is 53.5 Å². The Morgan fingerprint density at radius 1 is 1.22 bits per heavy atom. The molecule has 142 valence electrons. The third-order valence-corrected chi connectivity index (χ3v) is 5.22. The van der Waals surface area contributed by atoms with E-state index in [0.29, 0.717) is 31.6 Å². The molecule has 2 aromatic rings. The van der Waals surface area contributed by atoms with Gasteiger partial charge in [0.15, 0.2) is 0 Å². The van der Waals surface area contributed by atoms with Gasteiger partial charge in [-0.15, -0.1) is 0 Å². The van der Waals surface area contributed by atoms with Gasteiger partial charge in [-0.05, 0) is 37.5 Å². The summed E-state index contributed by atoms with van der Waals surface area (Å²) >= 11 is 0. The first-order valence-electron chi connectivity index (χ1n) is 9.55. The first-order valence-corrected chi connectivity index (χ1v) is 9.55. The highest BCUT2D eigenvalue weighted by molar-refractivity contribution is 5.95. The van der Waals surface area contributed by atoms with E-state index in [1.165, 1.54) is 0 Å². The maximum absolute atomic E-state index is 13.1. The Morgan fingerprint density at radius 2 is 1.96 bits per heavy atom. The molecule has 0 N–H and O–H groups in total. The molecule has 0 saturated carbocycles. The number of pyridine rings is 1. The summed E-state index contributed by atoms with van der Waals surface area (Å²) in [6.07, 6.45) is 2.82. The maximum Gasteiger partial charge on any atom is 0.255 e. The summed E-state index contributed by atoms with van der Waals surface area (Å²) in [6.45, 7) is 7.52. The third kappa shape index (κ3) is 4.35. The van der Waals surface area contributed by atoms with Crippen LogP contribution in [0.25, 0.3) is 0 Å². The largest absolute Gasteiger partial charge is 0.336 e. The van der Waals surface area contributed by atoms with Gasteiger partial charge < -0.3 is 9.80 Å². The van der Waals surface area contributed by atoms with Crippen molar-refractivity contribution < 1.29 is 9.59 Å². The van der Waals surface area contributed by atoms with E-state index in [4.69, 9.17) is 0 Å². The second-order valence-corrected chi connectivity index (χ2v) is 7.21. The zero-order valence-electron chi connectivity index (χ0n) is 16.3. The second kappa shape index (κ2) is 8.33. The van der Waals surface area contributed by atoms with Crippen molar-refractivity contribution in [3.8, 4) is 0 Å². The molecule has 1 fully saturated rings. The van der Waals surface area contributed by atoms with Crippen molar-refractivity contribution in [2.75, 3.05) is 13.1 Å². The molecular weight excluding hydrogens is 338 g/mol. The minimum Gasteiger partial charge on any atom is -0.336 e. The van der Waals surface area contributed by atoms with Crippen LogP contribution in [0.5, 0.6) is 0 Å². The summed E-state index contributed by atoms with van der Waals surface area (Å²) in [7, 11) is 0. The molecule has 0 bridgehead atoms. The van der Waals surface area contributed by atoms with E-state index < -0.39 is 0 Å². The number of benzene rings is 1. The van der Waals surface area contributed by atoms with Crippen LogP contribution >= 0.6 is 0 Å². The highest BCUT2D eigenvalue weighted by Crippen LogP contribution is 2.20. The van der Waals surface area contributed by atoms with Gasteiger partial charge in [0.2, 0.25) is 5.91 Å². The van der Waals surface area contributed by atoms with Crippen LogP contribution in [0.15, 0.2) is 42.6 Å². The minimum absolute atomic E-state index is 0.0165. The van der Waals surface area contributed by atoms with Crippen LogP contribution in [0, 0.1) is 13.8 Å². The lowest BCUT2D eigenvalue weighted by atomic mass is 10.1. The van der Waals surface area contributed by atoms with Crippen molar-refractivity contribution in [2.45, 2.75) is 46.2 Å². The van der Waals surface area contributed by atoms with Gasteiger partial charge >= 0.3 is 0 Å². The molecule has 1 atom stereocenters. The van der Waals surface area contributed by atoms with Crippen LogP contribution < -0.4 is 0 Å². The lowest BCUT2D eigenvalue weighted by Gasteiger charge is -2.31. The van der Waals surface area contributed by atoms with Crippen molar-refractivity contribution in [1.29, 1.82) is 0 Å². The zero-order chi connectivity index (χ0) is 19.4. The number of nitrogens with zero attached hydrogens (tertiary/aromatic N) is 3. The van der Waals surface area contributed by atoms with E-state index in [0.717, 1.165) is 23.2 Å². The standard InChI is InChI=1S/C22H27N3O2/c1-4-19-15-24(22(27)20-13-23-17(3)12-16(20)2)11-10-21(26)25(19)14-18-8-6-5-7-9-18/h5-9,12-13,19H,4,10-11,14-15H2,1-3H3/t19-/m0/s1. The highest BCUT2D eigenvalue weighted by Gasteiger charge is 2.31. The Bertz CT molecular complexity index is 820. The van der Waals surface area contributed by atoms with E-state index in [-0.39, 0.29) is 17.9 Å². The summed E-state index contributed by atoms with van der Waals surface area (Å²) in [5.41, 5.74) is 3.56. The monoisotopic (exact) mass is 365 g/mol. The Balaban J connectivity index is 1.80. The number of carbonyl (C=O) groups is 2. The highest BCUT2D eigenvalue weighted by atomic mass is 16.2. The fourth-order valence-corrected chi connectivity index (χ4v) is 3.64. The predicted octanol–water partition coefficient (Wildman–Crippen LogP) is 3.35. The van der Waals surface area contributed by atoms with Gasteiger partial charge in [0, 0.05) is 44.0 Å². The summed E-state index contributed by atoms with van der Waals surface area (Å²) in [5.74, 6) is 0.0765. The molecule has 0 unspecified atom stereocenters. The van der Waals surface area contributed by atoms with Gasteiger partial charge in [0.25, 0.3) is 5.91 Å². The number of hydrogen-bond acceptors (Lipinski definition) is 3. The third-order valence-electron chi connectivity index (χ3n) is 5.22. The summed E-state index contributed by atoms with van der Waals surface area (Å²) in [4.78, 5) is 33.9. The molecule has 1 aliphatic rings. The van der Waals surface area contributed by atoms with Crippen LogP contribution in [-0.4, -0.2) is 45.7 Å². The average molecular weight is 365 g/mol. The smallest absolute Gasteiger partial charge is 0.255 e. The molecule has 0 radical (unpaired) electrons. The van der Waals surface area contributed by atoms with Crippen LogP contribution in [0.3, 0.4) is 0 Å². The molecular formula is C22H27N3O2. The predicted molar refractivity (Wildman–Crippen MR) is 105 cm³/mol. The molecule has 1 aromatic carbocycles. The van der Waals surface area contributed by atoms with Crippen LogP contribution in [-0.2, 0) is 11.3 Å². The van der Waals surface area contributed by atoms with E-state index in [9.17, 15) is 9.59 Å². The molecule has 0 spiro atoms. The van der Waals surface area contributed by atoms with E-state index in [1.807, 2.05) is 60.0 Å². The second-order valence-electron chi connectivity index (χ2n) is 7.21. The molecule has 5 heteroatoms. The van der Waals surface area contributed by atoms with E-state index >= 15 is 0 Å². The molecule has 2 heterocycles. The molecule has 0 aliphatic carbocycles. The van der Waals surface area contributed by atoms with Gasteiger partial charge in [-0.25, -0.2) is 0 Å². The number of aromatic nitrogens is 1. The zero-order valence-corrected chi connectivity index (χ0v) is 16.3. The molecule has 1 aliphatic heterocycles. The Kier molecular flexibility index (Phi) is 5.89. The van der Waals surface area contributed by atoms with E-state index in [2.05, 4.69) is 11.9 Å². The van der Waals surface area contributed by atoms with Gasteiger partial charge in [-0.2, -0.15) is 0 Å². The first kappa shape index (κ1) is 19.1. The van der Waals surface area contributed by atoms with Crippen molar-refractivity contribution in [1.82, 2.24) is 14.8 Å². The molecule has 1 saturated heterocycles. The lowest BCUT2D eigenvalue weighted by molar-refractivity contribution is -0.133. The minimum atomic E-state index is -0.0344. The Morgan fingerprint density at radius 3 is 2.63 bits per heavy atom.